The van der Waals surface area contributed by atoms with Crippen LogP contribution in [0.1, 0.15) is 13.8 Å². The lowest BCUT2D eigenvalue weighted by Gasteiger charge is -2.25. The van der Waals surface area contributed by atoms with Crippen molar-refractivity contribution in [3.8, 4) is 22.3 Å². The summed E-state index contributed by atoms with van der Waals surface area (Å²) in [7, 11) is 0. The van der Waals surface area contributed by atoms with E-state index in [1.165, 1.54) is 43.5 Å². The van der Waals surface area contributed by atoms with Crippen molar-refractivity contribution >= 4 is 40.0 Å². The maximum Gasteiger partial charge on any atom is 0.0462 e. The van der Waals surface area contributed by atoms with E-state index in [2.05, 4.69) is 157 Å². The van der Waals surface area contributed by atoms with E-state index in [4.69, 9.17) is 0 Å². The highest BCUT2D eigenvalue weighted by atomic mass is 15.1. The van der Waals surface area contributed by atoms with Crippen molar-refractivity contribution in [3.63, 3.8) is 0 Å². The van der Waals surface area contributed by atoms with Gasteiger partial charge in [0.1, 0.15) is 0 Å². The molecule has 0 saturated heterocycles. The van der Waals surface area contributed by atoms with Crippen LogP contribution in [0.3, 0.4) is 0 Å². The zero-order valence-electron chi connectivity index (χ0n) is 21.7. The van der Waals surface area contributed by atoms with E-state index in [1.54, 1.807) is 0 Å². The fourth-order valence-electron chi connectivity index (χ4n) is 5.56. The average molecular weight is 491 g/mol. The van der Waals surface area contributed by atoms with Crippen molar-refractivity contribution in [2.45, 2.75) is 13.8 Å². The molecule has 0 atom stereocenters. The van der Waals surface area contributed by atoms with E-state index < -0.39 is 0 Å². The van der Waals surface area contributed by atoms with Crippen LogP contribution in [0.2, 0.25) is 0 Å². The average Bonchev–Trinajstić information content (AvgIpc) is 3.52. The molecular weight excluding hydrogens is 460 g/mol. The second-order valence-electron chi connectivity index (χ2n) is 9.35. The van der Waals surface area contributed by atoms with Gasteiger partial charge in [0.05, 0.1) is 0 Å². The SMILES string of the molecule is C/C=c1/c(-c2ccc(N(c3ccccc3)c3ccccc3)cc2)c2ccccc2c(-c2cc[nH]c2)/c1=C/C. The Hall–Kier alpha value is -4.82. The quantitative estimate of drug-likeness (QED) is 0.256. The predicted octanol–water partition coefficient (Wildman–Crippen LogP) is 8.57. The van der Waals surface area contributed by atoms with Crippen LogP contribution in [0.15, 0.2) is 128 Å². The number of H-pyrrole nitrogens is 1. The zero-order chi connectivity index (χ0) is 25.9. The van der Waals surface area contributed by atoms with Crippen molar-refractivity contribution < 1.29 is 0 Å². The second kappa shape index (κ2) is 10.3. The molecule has 184 valence electrons. The maximum absolute atomic E-state index is 3.24. The highest BCUT2D eigenvalue weighted by Crippen LogP contribution is 2.36. The zero-order valence-corrected chi connectivity index (χ0v) is 21.7. The number of nitrogens with one attached hydrogen (secondary N) is 1. The van der Waals surface area contributed by atoms with Gasteiger partial charge in [-0.15, -0.1) is 0 Å². The van der Waals surface area contributed by atoms with E-state index >= 15 is 0 Å². The van der Waals surface area contributed by atoms with Crippen molar-refractivity contribution in [1.82, 2.24) is 4.98 Å². The molecule has 0 aliphatic heterocycles. The molecule has 0 saturated carbocycles. The van der Waals surface area contributed by atoms with Gasteiger partial charge in [-0.2, -0.15) is 0 Å². The van der Waals surface area contributed by atoms with Crippen molar-refractivity contribution in [2.75, 3.05) is 4.90 Å². The Morgan fingerprint density at radius 1 is 0.500 bits per heavy atom. The standard InChI is InChI=1S/C36H30N2/c1-3-31-32(4-2)36(27-23-24-37-25-27)34-18-12-11-17-33(34)35(31)26-19-21-30(22-20-26)38(28-13-7-5-8-14-28)29-15-9-6-10-16-29/h3-25,37H,1-2H3/b31-3+,32-4+. The van der Waals surface area contributed by atoms with Gasteiger partial charge in [0.2, 0.25) is 0 Å². The summed E-state index contributed by atoms with van der Waals surface area (Å²) in [6.45, 7) is 4.28. The molecule has 0 unspecified atom stereocenters. The van der Waals surface area contributed by atoms with Crippen molar-refractivity contribution in [3.05, 3.63) is 138 Å². The summed E-state index contributed by atoms with van der Waals surface area (Å²) in [6, 6.07) is 41.0. The van der Waals surface area contributed by atoms with Crippen LogP contribution in [0.25, 0.3) is 45.2 Å². The van der Waals surface area contributed by atoms with Gasteiger partial charge in [-0.1, -0.05) is 84.9 Å². The van der Waals surface area contributed by atoms with Gasteiger partial charge in [0.15, 0.2) is 0 Å². The molecule has 1 N–H and O–H groups in total. The van der Waals surface area contributed by atoms with Crippen LogP contribution in [0.5, 0.6) is 0 Å². The van der Waals surface area contributed by atoms with E-state index in [1.807, 2.05) is 6.20 Å². The third-order valence-corrected chi connectivity index (χ3v) is 7.20. The molecule has 1 heterocycles. The van der Waals surface area contributed by atoms with Crippen LogP contribution in [-0.4, -0.2) is 4.98 Å². The lowest BCUT2D eigenvalue weighted by Crippen LogP contribution is -2.29. The molecule has 6 aromatic rings. The molecule has 0 spiro atoms. The lowest BCUT2D eigenvalue weighted by molar-refractivity contribution is 1.28. The Balaban J connectivity index is 1.56. The summed E-state index contributed by atoms with van der Waals surface area (Å²) in [4.78, 5) is 5.54. The number of aromatic nitrogens is 1. The highest BCUT2D eigenvalue weighted by molar-refractivity contribution is 6.05. The molecule has 2 nitrogen and oxygen atoms in total. The van der Waals surface area contributed by atoms with Crippen LogP contribution < -0.4 is 15.3 Å². The fourth-order valence-corrected chi connectivity index (χ4v) is 5.56. The Morgan fingerprint density at radius 3 is 1.45 bits per heavy atom. The van der Waals surface area contributed by atoms with E-state index in [0.717, 1.165) is 17.1 Å². The van der Waals surface area contributed by atoms with E-state index in [0.29, 0.717) is 0 Å². The fraction of sp³-hybridized carbons (Fsp3) is 0.0556. The molecule has 38 heavy (non-hydrogen) atoms. The predicted molar refractivity (Wildman–Crippen MR) is 163 cm³/mol. The van der Waals surface area contributed by atoms with Gasteiger partial charge >= 0.3 is 0 Å². The molecule has 1 aromatic heterocycles. The Bertz CT molecular complexity index is 1760. The van der Waals surface area contributed by atoms with Crippen LogP contribution >= 0.6 is 0 Å². The summed E-state index contributed by atoms with van der Waals surface area (Å²) in [6.07, 6.45) is 8.58. The number of nitrogens with zero attached hydrogens (tertiary/aromatic N) is 1. The minimum absolute atomic E-state index is 1.13. The monoisotopic (exact) mass is 490 g/mol. The Morgan fingerprint density at radius 2 is 0.974 bits per heavy atom. The van der Waals surface area contributed by atoms with Crippen LogP contribution in [-0.2, 0) is 0 Å². The van der Waals surface area contributed by atoms with E-state index in [9.17, 15) is 0 Å². The third-order valence-electron chi connectivity index (χ3n) is 7.20. The van der Waals surface area contributed by atoms with Gasteiger partial charge in [-0.25, -0.2) is 0 Å². The van der Waals surface area contributed by atoms with Crippen molar-refractivity contribution in [2.24, 2.45) is 0 Å². The first kappa shape index (κ1) is 23.6. The summed E-state index contributed by atoms with van der Waals surface area (Å²) in [5.41, 5.74) is 8.37. The molecule has 0 fully saturated rings. The minimum atomic E-state index is 1.13. The molecule has 0 aliphatic carbocycles. The number of hydrogen-bond acceptors (Lipinski definition) is 1. The number of fused-ring (bicyclic) bond motifs is 1. The maximum atomic E-state index is 3.24. The number of rotatable bonds is 5. The third kappa shape index (κ3) is 4.10. The highest BCUT2D eigenvalue weighted by Gasteiger charge is 2.16. The first-order valence-electron chi connectivity index (χ1n) is 13.1. The van der Waals surface area contributed by atoms with Crippen molar-refractivity contribution in [1.29, 1.82) is 0 Å². The topological polar surface area (TPSA) is 19.0 Å². The first-order chi connectivity index (χ1) is 18.8. The smallest absolute Gasteiger partial charge is 0.0462 e. The molecule has 5 aromatic carbocycles. The molecule has 0 bridgehead atoms. The summed E-state index contributed by atoms with van der Waals surface area (Å²) in [5.74, 6) is 0. The van der Waals surface area contributed by atoms with Gasteiger partial charge in [-0.3, -0.25) is 0 Å². The molecular formula is C36H30N2. The minimum Gasteiger partial charge on any atom is -0.367 e. The Labute approximate surface area is 223 Å². The number of hydrogen-bond donors (Lipinski definition) is 1. The first-order valence-corrected chi connectivity index (χ1v) is 13.1. The second-order valence-corrected chi connectivity index (χ2v) is 9.35. The number of para-hydroxylation sites is 2. The summed E-state index contributed by atoms with van der Waals surface area (Å²) in [5, 5.41) is 5.05. The van der Waals surface area contributed by atoms with E-state index in [-0.39, 0.29) is 0 Å². The molecule has 0 aliphatic rings. The Kier molecular flexibility index (Phi) is 6.37. The van der Waals surface area contributed by atoms with Crippen LogP contribution in [0, 0.1) is 0 Å². The van der Waals surface area contributed by atoms with Crippen LogP contribution in [0.4, 0.5) is 17.1 Å². The number of benzene rings is 5. The number of anilines is 3. The summed E-state index contributed by atoms with van der Waals surface area (Å²) < 4.78 is 0. The summed E-state index contributed by atoms with van der Waals surface area (Å²) >= 11 is 0. The normalized spacial score (nSPS) is 12.3. The molecule has 6 rings (SSSR count). The van der Waals surface area contributed by atoms with Gasteiger partial charge < -0.3 is 9.88 Å². The largest absolute Gasteiger partial charge is 0.367 e. The van der Waals surface area contributed by atoms with Gasteiger partial charge in [-0.05, 0) is 94.2 Å². The van der Waals surface area contributed by atoms with Gasteiger partial charge in [0, 0.05) is 35.0 Å². The molecule has 2 heteroatoms. The molecule has 0 amide bonds. The molecule has 0 radical (unpaired) electrons. The van der Waals surface area contributed by atoms with Gasteiger partial charge in [0.25, 0.3) is 0 Å². The lowest BCUT2D eigenvalue weighted by atomic mass is 9.88. The number of aromatic amines is 1.